The van der Waals surface area contributed by atoms with E-state index in [0.29, 0.717) is 11.5 Å². The van der Waals surface area contributed by atoms with E-state index in [4.69, 9.17) is 33.3 Å². The number of benzene rings is 3. The van der Waals surface area contributed by atoms with Crippen molar-refractivity contribution in [2.45, 2.75) is 49.7 Å². The van der Waals surface area contributed by atoms with Gasteiger partial charge in [-0.05, 0) is 47.9 Å². The molecule has 1 aliphatic rings. The molecule has 0 amide bonds. The first-order valence-electron chi connectivity index (χ1n) is 15.3. The molecule has 1 aromatic heterocycles. The van der Waals surface area contributed by atoms with Crippen LogP contribution in [0, 0.1) is 11.3 Å². The molecule has 0 aliphatic carbocycles. The van der Waals surface area contributed by atoms with Crippen molar-refractivity contribution in [2.24, 2.45) is 0 Å². The zero-order valence-corrected chi connectivity index (χ0v) is 27.8. The van der Waals surface area contributed by atoms with E-state index in [1.807, 2.05) is 84.9 Å². The highest BCUT2D eigenvalue weighted by atomic mass is 31.2. The highest BCUT2D eigenvalue weighted by molar-refractivity contribution is 7.46. The van der Waals surface area contributed by atoms with Crippen LogP contribution in [0.15, 0.2) is 101 Å². The quantitative estimate of drug-likeness (QED) is 0.105. The molecule has 6 atom stereocenters. The van der Waals surface area contributed by atoms with E-state index in [1.54, 1.807) is 27.8 Å². The number of ether oxygens (including phenoxy) is 4. The molecule has 1 N–H and O–H groups in total. The number of methoxy groups -OCH3 is 2. The van der Waals surface area contributed by atoms with Gasteiger partial charge in [-0.2, -0.15) is 5.26 Å². The van der Waals surface area contributed by atoms with Crippen molar-refractivity contribution in [3.8, 4) is 17.6 Å². The van der Waals surface area contributed by atoms with Crippen LogP contribution in [0.25, 0.3) is 0 Å². The van der Waals surface area contributed by atoms with Gasteiger partial charge in [0.05, 0.1) is 39.4 Å². The average molecular weight is 678 g/mol. The fourth-order valence-electron chi connectivity index (χ4n) is 5.80. The van der Waals surface area contributed by atoms with Gasteiger partial charge >= 0.3 is 5.69 Å². The number of halogens is 1. The monoisotopic (exact) mass is 677 g/mol. The van der Waals surface area contributed by atoms with Gasteiger partial charge in [0.1, 0.15) is 29.3 Å². The second kappa shape index (κ2) is 15.7. The van der Waals surface area contributed by atoms with Crippen LogP contribution in [0.3, 0.4) is 0 Å². The lowest BCUT2D eigenvalue weighted by Gasteiger charge is -2.40. The van der Waals surface area contributed by atoms with E-state index in [9.17, 15) is 9.59 Å². The minimum Gasteiger partial charge on any atom is -0.497 e. The van der Waals surface area contributed by atoms with Gasteiger partial charge < -0.3 is 28.0 Å². The summed E-state index contributed by atoms with van der Waals surface area (Å²) in [5.74, 6) is 1.30. The standard InChI is InChI=1S/C35H37FN3O8P/c1-23(31-32(47-48(4)44-22-8-20-37)30(36)33(45-31)39-21-19-29(40)38-34(39)41)46-35(24-9-6-5-7-10-24,25-11-15-27(42-2)16-12-25)26-13-17-28(43-3)18-14-26/h5-7,9-19,21,23,30-33H,8,22H2,1-4H3,(H,38,40,41)/t23?,30-,31?,32+,33-,48?/m1/s1. The lowest BCUT2D eigenvalue weighted by Crippen LogP contribution is -2.44. The molecule has 0 spiro atoms. The fraction of sp³-hybridized carbons (Fsp3) is 0.343. The van der Waals surface area contributed by atoms with Gasteiger partial charge in [-0.3, -0.25) is 14.3 Å². The summed E-state index contributed by atoms with van der Waals surface area (Å²) in [6, 6.07) is 27.7. The molecule has 1 fully saturated rings. The van der Waals surface area contributed by atoms with E-state index in [0.717, 1.165) is 27.3 Å². The van der Waals surface area contributed by atoms with Crippen molar-refractivity contribution in [1.82, 2.24) is 9.55 Å². The van der Waals surface area contributed by atoms with Crippen LogP contribution in [0.5, 0.6) is 11.5 Å². The molecule has 3 unspecified atom stereocenters. The van der Waals surface area contributed by atoms with Crippen molar-refractivity contribution >= 4 is 8.38 Å². The molecule has 13 heteroatoms. The molecule has 1 saturated heterocycles. The summed E-state index contributed by atoms with van der Waals surface area (Å²) in [6.45, 7) is 3.52. The number of nitrogens with zero attached hydrogens (tertiary/aromatic N) is 2. The van der Waals surface area contributed by atoms with Crippen molar-refractivity contribution < 1.29 is 32.4 Å². The summed E-state index contributed by atoms with van der Waals surface area (Å²) < 4.78 is 53.6. The van der Waals surface area contributed by atoms with Crippen LogP contribution in [-0.2, 0) is 24.1 Å². The SMILES string of the molecule is COc1ccc(C(OC(C)C2O[C@@H](n3ccc(=O)[nH]c3=O)[C@H](F)[C@@H]2OP(C)OCCC#N)(c2ccccc2)c2ccc(OC)cc2)cc1. The molecular weight excluding hydrogens is 640 g/mol. The first-order chi connectivity index (χ1) is 23.2. The van der Waals surface area contributed by atoms with Crippen LogP contribution in [0.1, 0.15) is 36.3 Å². The summed E-state index contributed by atoms with van der Waals surface area (Å²) in [4.78, 5) is 26.7. The summed E-state index contributed by atoms with van der Waals surface area (Å²) >= 11 is 0. The number of hydrogen-bond acceptors (Lipinski definition) is 9. The topological polar surface area (TPSA) is 134 Å². The Bertz CT molecular complexity index is 1750. The van der Waals surface area contributed by atoms with Gasteiger partial charge in [0.15, 0.2) is 20.8 Å². The smallest absolute Gasteiger partial charge is 0.330 e. The molecule has 1 aliphatic heterocycles. The molecule has 3 aromatic carbocycles. The Kier molecular flexibility index (Phi) is 11.4. The Labute approximate surface area is 278 Å². The zero-order chi connectivity index (χ0) is 34.3. The van der Waals surface area contributed by atoms with Gasteiger partial charge in [0.25, 0.3) is 5.56 Å². The summed E-state index contributed by atoms with van der Waals surface area (Å²) in [5, 5.41) is 8.94. The molecular formula is C35H37FN3O8P. The van der Waals surface area contributed by atoms with Crippen molar-refractivity contribution in [1.29, 1.82) is 5.26 Å². The molecule has 0 radical (unpaired) electrons. The minimum absolute atomic E-state index is 0.106. The van der Waals surface area contributed by atoms with Gasteiger partial charge in [0, 0.05) is 18.9 Å². The second-order valence-corrected chi connectivity index (χ2v) is 12.4. The Hall–Kier alpha value is -4.37. The molecule has 0 saturated carbocycles. The second-order valence-electron chi connectivity index (χ2n) is 11.0. The summed E-state index contributed by atoms with van der Waals surface area (Å²) in [6.07, 6.45) is -5.16. The number of hydrogen-bond donors (Lipinski definition) is 1. The average Bonchev–Trinajstić information content (AvgIpc) is 3.42. The van der Waals surface area contributed by atoms with Crippen LogP contribution in [0.4, 0.5) is 4.39 Å². The number of nitriles is 1. The van der Waals surface area contributed by atoms with Crippen LogP contribution < -0.4 is 20.7 Å². The first kappa shape index (κ1) is 35.0. The molecule has 0 bridgehead atoms. The molecule has 48 heavy (non-hydrogen) atoms. The van der Waals surface area contributed by atoms with E-state index in [2.05, 4.69) is 4.98 Å². The van der Waals surface area contributed by atoms with Gasteiger partial charge in [0.2, 0.25) is 0 Å². The largest absolute Gasteiger partial charge is 0.497 e. The Morgan fingerprint density at radius 1 is 0.958 bits per heavy atom. The van der Waals surface area contributed by atoms with Crippen molar-refractivity contribution in [3.63, 3.8) is 0 Å². The van der Waals surface area contributed by atoms with E-state index in [1.165, 1.54) is 6.20 Å². The highest BCUT2D eigenvalue weighted by Gasteiger charge is 2.52. The van der Waals surface area contributed by atoms with Gasteiger partial charge in [-0.25, -0.2) is 9.18 Å². The predicted molar refractivity (Wildman–Crippen MR) is 177 cm³/mol. The third-order valence-corrected chi connectivity index (χ3v) is 9.17. The van der Waals surface area contributed by atoms with Crippen molar-refractivity contribution in [3.05, 3.63) is 129 Å². The van der Waals surface area contributed by atoms with E-state index < -0.39 is 55.9 Å². The number of aromatic nitrogens is 2. The number of aromatic amines is 1. The first-order valence-corrected chi connectivity index (χ1v) is 16.9. The molecule has 4 aromatic rings. The fourth-order valence-corrected chi connectivity index (χ4v) is 6.78. The molecule has 2 heterocycles. The van der Waals surface area contributed by atoms with Gasteiger partial charge in [-0.1, -0.05) is 54.6 Å². The van der Waals surface area contributed by atoms with E-state index in [-0.39, 0.29) is 13.0 Å². The predicted octanol–water partition coefficient (Wildman–Crippen LogP) is 5.44. The van der Waals surface area contributed by atoms with Crippen LogP contribution in [0.2, 0.25) is 0 Å². The van der Waals surface area contributed by atoms with Crippen molar-refractivity contribution in [2.75, 3.05) is 27.5 Å². The maximum Gasteiger partial charge on any atom is 0.330 e. The number of H-pyrrole nitrogens is 1. The zero-order valence-electron chi connectivity index (χ0n) is 26.9. The number of nitrogens with one attached hydrogen (secondary N) is 1. The Balaban J connectivity index is 1.61. The van der Waals surface area contributed by atoms with E-state index >= 15 is 4.39 Å². The minimum atomic E-state index is -1.86. The lowest BCUT2D eigenvalue weighted by molar-refractivity contribution is -0.135. The number of alkyl halides is 1. The maximum absolute atomic E-state index is 16.5. The maximum atomic E-state index is 16.5. The Morgan fingerprint density at radius 2 is 1.54 bits per heavy atom. The van der Waals surface area contributed by atoms with Crippen LogP contribution >= 0.6 is 8.38 Å². The lowest BCUT2D eigenvalue weighted by atomic mass is 9.79. The third kappa shape index (κ3) is 7.36. The summed E-state index contributed by atoms with van der Waals surface area (Å²) in [7, 11) is 1.52. The molecule has 252 valence electrons. The molecule has 11 nitrogen and oxygen atoms in total. The van der Waals surface area contributed by atoms with Crippen LogP contribution in [-0.4, -0.2) is 61.5 Å². The molecule has 5 rings (SSSR count). The Morgan fingerprint density at radius 3 is 2.08 bits per heavy atom. The normalized spacial score (nSPS) is 20.5. The number of rotatable bonds is 14. The summed E-state index contributed by atoms with van der Waals surface area (Å²) in [5.41, 5.74) is -0.422. The highest BCUT2D eigenvalue weighted by Crippen LogP contribution is 2.47. The third-order valence-electron chi connectivity index (χ3n) is 8.09. The van der Waals surface area contributed by atoms with Gasteiger partial charge in [-0.15, -0.1) is 0 Å².